The average Bonchev–Trinajstić information content (AvgIpc) is 3.52. The van der Waals surface area contributed by atoms with Crippen molar-refractivity contribution in [3.05, 3.63) is 74.9 Å². The molecule has 3 heterocycles. The van der Waals surface area contributed by atoms with Crippen molar-refractivity contribution < 1.29 is 22.8 Å². The maximum atomic E-state index is 13.7. The topological polar surface area (TPSA) is 156 Å². The van der Waals surface area contributed by atoms with Crippen LogP contribution >= 0.6 is 15.9 Å². The number of hydrogen-bond donors (Lipinski definition) is 2. The average molecular weight is 631 g/mol. The van der Waals surface area contributed by atoms with Crippen molar-refractivity contribution in [2.45, 2.75) is 46.0 Å². The molecule has 1 aromatic carbocycles. The van der Waals surface area contributed by atoms with E-state index in [2.05, 4.69) is 52.2 Å². The number of pyridine rings is 1. The molecule has 0 saturated heterocycles. The zero-order chi connectivity index (χ0) is 30.1. The lowest BCUT2D eigenvalue weighted by Gasteiger charge is -2.22. The molecule has 0 atom stereocenters. The zero-order valence-electron chi connectivity index (χ0n) is 22.1. The third-order valence-electron chi connectivity index (χ3n) is 5.47. The molecule has 2 N–H and O–H groups in total. The number of hydrogen-bond acceptors (Lipinski definition) is 8. The van der Waals surface area contributed by atoms with E-state index in [0.29, 0.717) is 14.7 Å². The highest BCUT2D eigenvalue weighted by Gasteiger charge is 2.38. The lowest BCUT2D eigenvalue weighted by molar-refractivity contribution is -0.147. The first-order valence-corrected chi connectivity index (χ1v) is 12.7. The van der Waals surface area contributed by atoms with Gasteiger partial charge in [0.1, 0.15) is 5.69 Å². The largest absolute Gasteiger partial charge is 0.453 e. The van der Waals surface area contributed by atoms with Crippen LogP contribution in [-0.4, -0.2) is 52.3 Å². The molecule has 41 heavy (non-hydrogen) atoms. The predicted molar refractivity (Wildman–Crippen MR) is 142 cm³/mol. The lowest BCUT2D eigenvalue weighted by atomic mass is 10.0. The van der Waals surface area contributed by atoms with E-state index < -0.39 is 35.9 Å². The smallest absolute Gasteiger partial charge is 0.347 e. The number of aryl methyl sites for hydroxylation is 1. The second-order valence-corrected chi connectivity index (χ2v) is 10.7. The molecule has 0 radical (unpaired) electrons. The van der Waals surface area contributed by atoms with E-state index in [1.54, 1.807) is 39.8 Å². The number of amides is 2. The molecule has 0 spiro atoms. The van der Waals surface area contributed by atoms with Crippen LogP contribution in [-0.2, 0) is 12.7 Å². The Hall–Kier alpha value is -4.65. The van der Waals surface area contributed by atoms with E-state index in [1.807, 2.05) is 6.07 Å². The van der Waals surface area contributed by atoms with Gasteiger partial charge in [0.15, 0.2) is 5.82 Å². The summed E-state index contributed by atoms with van der Waals surface area (Å²) in [4.78, 5) is 31.1. The summed E-state index contributed by atoms with van der Waals surface area (Å²) in [7, 11) is 0. The number of benzene rings is 1. The maximum Gasteiger partial charge on any atom is 0.453 e. The Bertz CT molecular complexity index is 1680. The molecule has 4 aromatic rings. The van der Waals surface area contributed by atoms with Crippen molar-refractivity contribution in [3.63, 3.8) is 0 Å². The van der Waals surface area contributed by atoms with Gasteiger partial charge in [0, 0.05) is 11.7 Å². The quantitative estimate of drug-likeness (QED) is 0.323. The Balaban J connectivity index is 1.79. The van der Waals surface area contributed by atoms with Gasteiger partial charge in [-0.15, -0.1) is 5.10 Å². The third kappa shape index (κ3) is 6.57. The fraction of sp³-hybridized carbons (Fsp3) is 0.280. The highest BCUT2D eigenvalue weighted by molar-refractivity contribution is 9.10. The van der Waals surface area contributed by atoms with E-state index in [-0.39, 0.29) is 34.0 Å². The summed E-state index contributed by atoms with van der Waals surface area (Å²) in [6.07, 6.45) is -3.36. The van der Waals surface area contributed by atoms with Crippen molar-refractivity contribution in [2.75, 3.05) is 5.32 Å². The first kappa shape index (κ1) is 29.3. The van der Waals surface area contributed by atoms with Gasteiger partial charge in [-0.25, -0.2) is 14.3 Å². The summed E-state index contributed by atoms with van der Waals surface area (Å²) < 4.78 is 42.1. The van der Waals surface area contributed by atoms with Gasteiger partial charge in [-0.05, 0) is 89.9 Å². The highest BCUT2D eigenvalue weighted by atomic mass is 79.9. The molecule has 3 aromatic heterocycles. The first-order chi connectivity index (χ1) is 19.2. The summed E-state index contributed by atoms with van der Waals surface area (Å²) in [6.45, 7) is 6.46. The van der Waals surface area contributed by atoms with Gasteiger partial charge in [0.25, 0.3) is 17.6 Å². The van der Waals surface area contributed by atoms with Crippen molar-refractivity contribution in [1.82, 2.24) is 40.3 Å². The van der Waals surface area contributed by atoms with E-state index in [4.69, 9.17) is 0 Å². The lowest BCUT2D eigenvalue weighted by Crippen LogP contribution is -2.41. The molecule has 0 bridgehead atoms. The van der Waals surface area contributed by atoms with Crippen LogP contribution in [0, 0.1) is 18.3 Å². The molecule has 0 saturated carbocycles. The molecule has 2 amide bonds. The van der Waals surface area contributed by atoms with Gasteiger partial charge in [0.2, 0.25) is 0 Å². The number of anilines is 1. The summed E-state index contributed by atoms with van der Waals surface area (Å²) in [5, 5.41) is 28.8. The predicted octanol–water partition coefficient (Wildman–Crippen LogP) is 4.04. The van der Waals surface area contributed by atoms with E-state index in [0.717, 1.165) is 4.68 Å². The number of rotatable bonds is 6. The Morgan fingerprint density at radius 1 is 1.15 bits per heavy atom. The molecule has 0 aliphatic carbocycles. The normalized spacial score (nSPS) is 11.7. The number of alkyl halides is 3. The van der Waals surface area contributed by atoms with Gasteiger partial charge in [0.05, 0.1) is 39.6 Å². The number of nitrogens with zero attached hydrogens (tertiary/aromatic N) is 8. The van der Waals surface area contributed by atoms with Crippen molar-refractivity contribution in [2.24, 2.45) is 0 Å². The minimum atomic E-state index is -4.81. The number of carbonyl (C=O) groups is 2. The number of carbonyl (C=O) groups excluding carboxylic acids is 2. The summed E-state index contributed by atoms with van der Waals surface area (Å²) in [5.74, 6) is -2.42. The molecule has 0 fully saturated rings. The molecule has 12 nitrogen and oxygen atoms in total. The zero-order valence-corrected chi connectivity index (χ0v) is 23.7. The molecular formula is C25H22BrF3N10O2. The Kier molecular flexibility index (Phi) is 7.93. The fourth-order valence-corrected chi connectivity index (χ4v) is 4.24. The second-order valence-electron chi connectivity index (χ2n) is 9.89. The first-order valence-electron chi connectivity index (χ1n) is 11.9. The fourth-order valence-electron chi connectivity index (χ4n) is 3.81. The number of aromatic nitrogens is 7. The standard InChI is InChI=1S/C25H22BrF3N10O2/c1-13-8-14(11-30)9-16(21(40)33-24(2,3)4)19(13)32-22(41)18-10-15(12-38-23(25(27,28)29)34-36-37-38)35-39(18)20-17(26)6-5-7-31-20/h5-10H,12H2,1-4H3,(H,32,41)(H,33,40). The molecule has 0 aliphatic rings. The van der Waals surface area contributed by atoms with Crippen LogP contribution in [0.3, 0.4) is 0 Å². The molecule has 0 unspecified atom stereocenters. The summed E-state index contributed by atoms with van der Waals surface area (Å²) in [5.41, 5.74) is 0.152. The van der Waals surface area contributed by atoms with Crippen molar-refractivity contribution in [1.29, 1.82) is 5.26 Å². The minimum Gasteiger partial charge on any atom is -0.347 e. The summed E-state index contributed by atoms with van der Waals surface area (Å²) >= 11 is 3.35. The molecule has 4 rings (SSSR count). The van der Waals surface area contributed by atoms with E-state index in [9.17, 15) is 28.0 Å². The third-order valence-corrected chi connectivity index (χ3v) is 6.08. The Morgan fingerprint density at radius 3 is 2.51 bits per heavy atom. The Morgan fingerprint density at radius 2 is 1.88 bits per heavy atom. The highest BCUT2D eigenvalue weighted by Crippen LogP contribution is 2.28. The monoisotopic (exact) mass is 630 g/mol. The van der Waals surface area contributed by atoms with E-state index in [1.165, 1.54) is 24.4 Å². The van der Waals surface area contributed by atoms with Gasteiger partial charge in [-0.1, -0.05) is 0 Å². The number of nitrogens with one attached hydrogen (secondary N) is 2. The van der Waals surface area contributed by atoms with E-state index >= 15 is 0 Å². The SMILES string of the molecule is Cc1cc(C#N)cc(C(=O)NC(C)(C)C)c1NC(=O)c1cc(Cn2nnnc2C(F)(F)F)nn1-c1ncccc1Br. The van der Waals surface area contributed by atoms with Crippen LogP contribution in [0.5, 0.6) is 0 Å². The maximum absolute atomic E-state index is 13.7. The molecule has 16 heteroatoms. The number of tetrazole rings is 1. The number of nitriles is 1. The van der Waals surface area contributed by atoms with Crippen LogP contribution in [0.15, 0.2) is 41.0 Å². The van der Waals surface area contributed by atoms with Gasteiger partial charge < -0.3 is 10.6 Å². The van der Waals surface area contributed by atoms with Crippen molar-refractivity contribution in [3.8, 4) is 11.9 Å². The van der Waals surface area contributed by atoms with Crippen LogP contribution in [0.4, 0.5) is 18.9 Å². The van der Waals surface area contributed by atoms with Gasteiger partial charge in [-0.2, -0.15) is 23.5 Å². The number of halogens is 4. The van der Waals surface area contributed by atoms with Crippen LogP contribution in [0.25, 0.3) is 5.82 Å². The molecular weight excluding hydrogens is 609 g/mol. The molecule has 0 aliphatic heterocycles. The minimum absolute atomic E-state index is 0.0211. The van der Waals surface area contributed by atoms with Gasteiger partial charge >= 0.3 is 6.18 Å². The van der Waals surface area contributed by atoms with Crippen LogP contribution in [0.1, 0.15) is 64.3 Å². The van der Waals surface area contributed by atoms with Gasteiger partial charge in [-0.3, -0.25) is 9.59 Å². The van der Waals surface area contributed by atoms with Crippen LogP contribution in [0.2, 0.25) is 0 Å². The van der Waals surface area contributed by atoms with Crippen LogP contribution < -0.4 is 10.6 Å². The molecule has 212 valence electrons. The van der Waals surface area contributed by atoms with Crippen molar-refractivity contribution >= 4 is 33.4 Å². The summed E-state index contributed by atoms with van der Waals surface area (Å²) in [6, 6.07) is 9.42. The Labute approximate surface area is 239 Å². The second kappa shape index (κ2) is 11.1.